The average molecular weight is 319 g/mol. The Morgan fingerprint density at radius 3 is 2.43 bits per heavy atom. The molecule has 0 saturated carbocycles. The molecule has 23 heavy (non-hydrogen) atoms. The molecule has 122 valence electrons. The highest BCUT2D eigenvalue weighted by molar-refractivity contribution is 5.97. The number of benzene rings is 2. The predicted octanol–water partition coefficient (Wildman–Crippen LogP) is 2.95. The van der Waals surface area contributed by atoms with Crippen molar-refractivity contribution < 1.29 is 18.7 Å². The average Bonchev–Trinajstić information content (AvgIpc) is 2.52. The molecule has 0 radical (unpaired) electrons. The number of nitrogens with zero attached hydrogens (tertiary/aromatic N) is 1. The van der Waals surface area contributed by atoms with Gasteiger partial charge in [-0.1, -0.05) is 12.1 Å². The number of ketones is 1. The van der Waals surface area contributed by atoms with Crippen molar-refractivity contribution in [2.24, 2.45) is 0 Å². The number of aliphatic hydroxyl groups excluding tert-OH is 1. The first kappa shape index (κ1) is 17.2. The Bertz CT molecular complexity index is 671. The van der Waals surface area contributed by atoms with Gasteiger partial charge in [-0.2, -0.15) is 0 Å². The number of hydrogen-bond acceptors (Lipinski definition) is 3. The second-order valence-corrected chi connectivity index (χ2v) is 5.45. The van der Waals surface area contributed by atoms with Crippen molar-refractivity contribution in [2.45, 2.75) is 13.5 Å². The third-order valence-corrected chi connectivity index (χ3v) is 3.58. The largest absolute Gasteiger partial charge is 0.395 e. The maximum absolute atomic E-state index is 13.3. The van der Waals surface area contributed by atoms with Crippen molar-refractivity contribution in [3.63, 3.8) is 0 Å². The SMILES string of the molecule is Cc1cc(CN(CCO)CC(=O)c2ccc(F)cc2)ccc1F. The number of aryl methyl sites for hydroxylation is 1. The molecular weight excluding hydrogens is 300 g/mol. The Labute approximate surface area is 134 Å². The van der Waals surface area contributed by atoms with Gasteiger partial charge in [-0.3, -0.25) is 9.69 Å². The first-order valence-corrected chi connectivity index (χ1v) is 7.36. The molecule has 0 aliphatic carbocycles. The van der Waals surface area contributed by atoms with E-state index in [0.29, 0.717) is 24.2 Å². The number of halogens is 2. The summed E-state index contributed by atoms with van der Waals surface area (Å²) < 4.78 is 26.2. The minimum absolute atomic E-state index is 0.0864. The maximum atomic E-state index is 13.3. The molecule has 1 N–H and O–H groups in total. The van der Waals surface area contributed by atoms with Gasteiger partial charge in [0.05, 0.1) is 13.2 Å². The first-order chi connectivity index (χ1) is 11.0. The van der Waals surface area contributed by atoms with Gasteiger partial charge in [0.1, 0.15) is 11.6 Å². The van der Waals surface area contributed by atoms with Crippen LogP contribution in [0.5, 0.6) is 0 Å². The summed E-state index contributed by atoms with van der Waals surface area (Å²) in [5, 5.41) is 9.17. The molecule has 0 bridgehead atoms. The molecule has 0 aliphatic heterocycles. The summed E-state index contributed by atoms with van der Waals surface area (Å²) in [5.41, 5.74) is 1.82. The van der Waals surface area contributed by atoms with Crippen LogP contribution in [-0.2, 0) is 6.54 Å². The molecule has 0 unspecified atom stereocenters. The lowest BCUT2D eigenvalue weighted by molar-refractivity contribution is 0.0908. The highest BCUT2D eigenvalue weighted by Gasteiger charge is 2.13. The summed E-state index contributed by atoms with van der Waals surface area (Å²) in [6.07, 6.45) is 0. The summed E-state index contributed by atoms with van der Waals surface area (Å²) in [5.74, 6) is -0.822. The van der Waals surface area contributed by atoms with E-state index in [0.717, 1.165) is 5.56 Å². The predicted molar refractivity (Wildman–Crippen MR) is 84.2 cm³/mol. The number of rotatable bonds is 7. The van der Waals surface area contributed by atoms with E-state index in [-0.39, 0.29) is 24.8 Å². The van der Waals surface area contributed by atoms with Crippen LogP contribution in [0, 0.1) is 18.6 Å². The fourth-order valence-electron chi connectivity index (χ4n) is 2.35. The van der Waals surface area contributed by atoms with Gasteiger partial charge in [0, 0.05) is 18.7 Å². The third-order valence-electron chi connectivity index (χ3n) is 3.58. The van der Waals surface area contributed by atoms with Crippen molar-refractivity contribution in [1.82, 2.24) is 4.90 Å². The van der Waals surface area contributed by atoms with Crippen molar-refractivity contribution in [3.05, 3.63) is 70.8 Å². The van der Waals surface area contributed by atoms with Crippen LogP contribution >= 0.6 is 0 Å². The van der Waals surface area contributed by atoms with Crippen molar-refractivity contribution in [2.75, 3.05) is 19.7 Å². The van der Waals surface area contributed by atoms with Crippen molar-refractivity contribution >= 4 is 5.78 Å². The molecule has 2 rings (SSSR count). The lowest BCUT2D eigenvalue weighted by Crippen LogP contribution is -2.32. The van der Waals surface area contributed by atoms with Gasteiger partial charge in [0.25, 0.3) is 0 Å². The number of hydrogen-bond donors (Lipinski definition) is 1. The standard InChI is InChI=1S/C18H19F2NO2/c1-13-10-14(2-7-17(13)20)11-21(8-9-22)12-18(23)15-3-5-16(19)6-4-15/h2-7,10,22H,8-9,11-12H2,1H3. The molecule has 5 heteroatoms. The molecule has 0 fully saturated rings. The summed E-state index contributed by atoms with van der Waals surface area (Å²) in [7, 11) is 0. The Hall–Kier alpha value is -2.11. The summed E-state index contributed by atoms with van der Waals surface area (Å²) in [6.45, 7) is 2.44. The zero-order valence-electron chi connectivity index (χ0n) is 12.9. The highest BCUT2D eigenvalue weighted by Crippen LogP contribution is 2.12. The second kappa shape index (κ2) is 7.94. The van der Waals surface area contributed by atoms with E-state index in [1.165, 1.54) is 30.3 Å². The Morgan fingerprint density at radius 1 is 1.13 bits per heavy atom. The lowest BCUT2D eigenvalue weighted by atomic mass is 10.1. The number of carbonyl (C=O) groups is 1. The van der Waals surface area contributed by atoms with Crippen LogP contribution in [-0.4, -0.2) is 35.5 Å². The van der Waals surface area contributed by atoms with E-state index >= 15 is 0 Å². The van der Waals surface area contributed by atoms with Crippen molar-refractivity contribution in [3.8, 4) is 0 Å². The Kier molecular flexibility index (Phi) is 5.96. The van der Waals surface area contributed by atoms with Crippen LogP contribution in [0.25, 0.3) is 0 Å². The molecular formula is C18H19F2NO2. The summed E-state index contributed by atoms with van der Waals surface area (Å²) in [4.78, 5) is 14.0. The smallest absolute Gasteiger partial charge is 0.176 e. The molecule has 0 spiro atoms. The molecule has 2 aromatic rings. The molecule has 3 nitrogen and oxygen atoms in total. The summed E-state index contributed by atoms with van der Waals surface area (Å²) >= 11 is 0. The van der Waals surface area contributed by atoms with Crippen LogP contribution < -0.4 is 0 Å². The Balaban J connectivity index is 2.07. The van der Waals surface area contributed by atoms with Crippen LogP contribution in [0.3, 0.4) is 0 Å². The zero-order chi connectivity index (χ0) is 16.8. The van der Waals surface area contributed by atoms with Gasteiger partial charge in [-0.15, -0.1) is 0 Å². The van der Waals surface area contributed by atoms with Gasteiger partial charge in [-0.25, -0.2) is 8.78 Å². The van der Waals surface area contributed by atoms with E-state index in [1.54, 1.807) is 24.0 Å². The van der Waals surface area contributed by atoms with Gasteiger partial charge in [0.15, 0.2) is 5.78 Å². The van der Waals surface area contributed by atoms with Gasteiger partial charge >= 0.3 is 0 Å². The minimum atomic E-state index is -0.393. The molecule has 0 atom stereocenters. The number of Topliss-reactive ketones (excluding diaryl/α,β-unsaturated/α-hetero) is 1. The van der Waals surface area contributed by atoms with E-state index in [4.69, 9.17) is 0 Å². The molecule has 0 heterocycles. The van der Waals surface area contributed by atoms with Crippen LogP contribution in [0.4, 0.5) is 8.78 Å². The van der Waals surface area contributed by atoms with E-state index in [2.05, 4.69) is 0 Å². The van der Waals surface area contributed by atoms with Gasteiger partial charge in [0.2, 0.25) is 0 Å². The van der Waals surface area contributed by atoms with E-state index in [9.17, 15) is 18.7 Å². The van der Waals surface area contributed by atoms with E-state index < -0.39 is 5.82 Å². The number of aliphatic hydroxyl groups is 1. The molecule has 0 aliphatic rings. The van der Waals surface area contributed by atoms with Gasteiger partial charge in [-0.05, 0) is 48.4 Å². The second-order valence-electron chi connectivity index (χ2n) is 5.45. The normalized spacial score (nSPS) is 11.0. The fraction of sp³-hybridized carbons (Fsp3) is 0.278. The maximum Gasteiger partial charge on any atom is 0.176 e. The van der Waals surface area contributed by atoms with Gasteiger partial charge < -0.3 is 5.11 Å². The fourth-order valence-corrected chi connectivity index (χ4v) is 2.35. The number of carbonyl (C=O) groups excluding carboxylic acids is 1. The van der Waals surface area contributed by atoms with Crippen LogP contribution in [0.1, 0.15) is 21.5 Å². The van der Waals surface area contributed by atoms with Crippen molar-refractivity contribution in [1.29, 1.82) is 0 Å². The molecule has 2 aromatic carbocycles. The van der Waals surface area contributed by atoms with Crippen LogP contribution in [0.2, 0.25) is 0 Å². The monoisotopic (exact) mass is 319 g/mol. The molecule has 0 saturated heterocycles. The van der Waals surface area contributed by atoms with E-state index in [1.807, 2.05) is 0 Å². The first-order valence-electron chi connectivity index (χ1n) is 7.36. The lowest BCUT2D eigenvalue weighted by Gasteiger charge is -2.21. The highest BCUT2D eigenvalue weighted by atomic mass is 19.1. The minimum Gasteiger partial charge on any atom is -0.395 e. The molecule has 0 aromatic heterocycles. The zero-order valence-corrected chi connectivity index (χ0v) is 12.9. The third kappa shape index (κ3) is 4.94. The molecule has 0 amide bonds. The quantitative estimate of drug-likeness (QED) is 0.798. The summed E-state index contributed by atoms with van der Waals surface area (Å²) in [6, 6.07) is 10.1. The topological polar surface area (TPSA) is 40.5 Å². The van der Waals surface area contributed by atoms with Crippen LogP contribution in [0.15, 0.2) is 42.5 Å². The Morgan fingerprint density at radius 2 is 1.83 bits per heavy atom.